The number of phenolic OH excluding ortho intramolecular Hbond substituents is 1. The first-order valence-corrected chi connectivity index (χ1v) is 5.38. The first-order chi connectivity index (χ1) is 8.27. The van der Waals surface area contributed by atoms with Crippen LogP contribution in [-0.2, 0) is 6.54 Å². The van der Waals surface area contributed by atoms with Crippen molar-refractivity contribution in [2.75, 3.05) is 5.73 Å². The number of anilines is 1. The van der Waals surface area contributed by atoms with Crippen LogP contribution >= 0.6 is 0 Å². The lowest BCUT2D eigenvalue weighted by molar-refractivity contribution is 0.474. The fourth-order valence-corrected chi connectivity index (χ4v) is 1.52. The molecule has 0 heterocycles. The highest BCUT2D eigenvalue weighted by Gasteiger charge is 1.96. The molecule has 0 aromatic heterocycles. The molecule has 0 aliphatic rings. The third kappa shape index (κ3) is 2.84. The molecule has 0 atom stereocenters. The molecule has 2 rings (SSSR count). The SMILES string of the molecule is Nc1ccccc1CN=Cc1ccccc1O. The van der Waals surface area contributed by atoms with Crippen molar-refractivity contribution in [1.29, 1.82) is 0 Å². The fourth-order valence-electron chi connectivity index (χ4n) is 1.52. The Labute approximate surface area is 100 Å². The van der Waals surface area contributed by atoms with E-state index >= 15 is 0 Å². The maximum Gasteiger partial charge on any atom is 0.124 e. The molecule has 0 saturated carbocycles. The van der Waals surface area contributed by atoms with Gasteiger partial charge in [0.2, 0.25) is 0 Å². The fraction of sp³-hybridized carbons (Fsp3) is 0.0714. The number of para-hydroxylation sites is 2. The third-order valence-corrected chi connectivity index (χ3v) is 2.48. The van der Waals surface area contributed by atoms with Gasteiger partial charge >= 0.3 is 0 Å². The standard InChI is InChI=1S/C14H14N2O/c15-13-7-3-1-5-11(13)9-16-10-12-6-2-4-8-14(12)17/h1-8,10,17H,9,15H2. The molecule has 0 saturated heterocycles. The summed E-state index contributed by atoms with van der Waals surface area (Å²) in [6.07, 6.45) is 1.65. The van der Waals surface area contributed by atoms with Gasteiger partial charge in [-0.15, -0.1) is 0 Å². The molecule has 2 aromatic carbocycles. The molecule has 3 heteroatoms. The quantitative estimate of drug-likeness (QED) is 0.624. The van der Waals surface area contributed by atoms with Gasteiger partial charge in [0.15, 0.2) is 0 Å². The van der Waals surface area contributed by atoms with Crippen molar-refractivity contribution in [3.63, 3.8) is 0 Å². The molecule has 0 aliphatic carbocycles. The second-order valence-corrected chi connectivity index (χ2v) is 3.73. The van der Waals surface area contributed by atoms with Gasteiger partial charge in [-0.1, -0.05) is 30.3 Å². The van der Waals surface area contributed by atoms with E-state index in [1.165, 1.54) is 0 Å². The summed E-state index contributed by atoms with van der Waals surface area (Å²) in [6.45, 7) is 0.515. The summed E-state index contributed by atoms with van der Waals surface area (Å²) in [7, 11) is 0. The van der Waals surface area contributed by atoms with Crippen LogP contribution < -0.4 is 5.73 Å². The molecule has 0 unspecified atom stereocenters. The highest BCUT2D eigenvalue weighted by molar-refractivity contribution is 5.83. The predicted octanol–water partition coefficient (Wildman–Crippen LogP) is 2.59. The minimum Gasteiger partial charge on any atom is -0.507 e. The second-order valence-electron chi connectivity index (χ2n) is 3.73. The zero-order chi connectivity index (χ0) is 12.1. The van der Waals surface area contributed by atoms with E-state index in [4.69, 9.17) is 5.73 Å². The summed E-state index contributed by atoms with van der Waals surface area (Å²) in [6, 6.07) is 14.7. The summed E-state index contributed by atoms with van der Waals surface area (Å²) in [5.74, 6) is 0.234. The van der Waals surface area contributed by atoms with Gasteiger partial charge in [-0.2, -0.15) is 0 Å². The molecule has 0 radical (unpaired) electrons. The Hall–Kier alpha value is -2.29. The summed E-state index contributed by atoms with van der Waals surface area (Å²) >= 11 is 0. The molecular weight excluding hydrogens is 212 g/mol. The number of phenols is 1. The molecule has 3 nitrogen and oxygen atoms in total. The van der Waals surface area contributed by atoms with E-state index < -0.39 is 0 Å². The van der Waals surface area contributed by atoms with Gasteiger partial charge in [-0.25, -0.2) is 0 Å². The minimum absolute atomic E-state index is 0.234. The highest BCUT2D eigenvalue weighted by Crippen LogP contribution is 2.14. The molecule has 0 amide bonds. The number of nitrogens with zero attached hydrogens (tertiary/aromatic N) is 1. The number of aromatic hydroxyl groups is 1. The Morgan fingerprint density at radius 3 is 2.53 bits per heavy atom. The molecule has 0 spiro atoms. The summed E-state index contributed by atoms with van der Waals surface area (Å²) in [5.41, 5.74) is 8.24. The van der Waals surface area contributed by atoms with Crippen LogP contribution in [0.3, 0.4) is 0 Å². The molecule has 86 valence electrons. The van der Waals surface area contributed by atoms with Crippen LogP contribution in [0.1, 0.15) is 11.1 Å². The van der Waals surface area contributed by atoms with E-state index in [0.29, 0.717) is 12.1 Å². The largest absolute Gasteiger partial charge is 0.507 e. The van der Waals surface area contributed by atoms with Crippen molar-refractivity contribution < 1.29 is 5.11 Å². The first-order valence-electron chi connectivity index (χ1n) is 5.38. The van der Waals surface area contributed by atoms with Crippen LogP contribution in [0.25, 0.3) is 0 Å². The minimum atomic E-state index is 0.234. The van der Waals surface area contributed by atoms with Crippen molar-refractivity contribution in [2.45, 2.75) is 6.54 Å². The van der Waals surface area contributed by atoms with Gasteiger partial charge < -0.3 is 10.8 Å². The summed E-state index contributed by atoms with van der Waals surface area (Å²) in [4.78, 5) is 4.27. The van der Waals surface area contributed by atoms with Gasteiger partial charge in [-0.05, 0) is 23.8 Å². The Kier molecular flexibility index (Phi) is 3.40. The molecule has 2 aromatic rings. The van der Waals surface area contributed by atoms with Gasteiger partial charge in [0, 0.05) is 17.5 Å². The normalized spacial score (nSPS) is 10.8. The lowest BCUT2D eigenvalue weighted by atomic mass is 10.2. The monoisotopic (exact) mass is 226 g/mol. The average Bonchev–Trinajstić information content (AvgIpc) is 2.34. The number of nitrogens with two attached hydrogens (primary N) is 1. The molecule has 3 N–H and O–H groups in total. The Morgan fingerprint density at radius 2 is 1.76 bits per heavy atom. The Morgan fingerprint density at radius 1 is 1.06 bits per heavy atom. The zero-order valence-electron chi connectivity index (χ0n) is 9.38. The Bertz CT molecular complexity index is 535. The number of rotatable bonds is 3. The summed E-state index contributed by atoms with van der Waals surface area (Å²) < 4.78 is 0. The number of aliphatic imine (C=N–C) groups is 1. The van der Waals surface area contributed by atoms with Crippen molar-refractivity contribution in [3.8, 4) is 5.75 Å². The van der Waals surface area contributed by atoms with E-state index in [-0.39, 0.29) is 5.75 Å². The van der Waals surface area contributed by atoms with Gasteiger partial charge in [0.25, 0.3) is 0 Å². The molecule has 17 heavy (non-hydrogen) atoms. The van der Waals surface area contributed by atoms with Crippen molar-refractivity contribution in [3.05, 3.63) is 59.7 Å². The number of hydrogen-bond acceptors (Lipinski definition) is 3. The number of nitrogen functional groups attached to an aromatic ring is 1. The topological polar surface area (TPSA) is 58.6 Å². The summed E-state index contributed by atoms with van der Waals surface area (Å²) in [5, 5.41) is 9.55. The molecule has 0 aliphatic heterocycles. The van der Waals surface area contributed by atoms with Crippen LogP contribution in [0, 0.1) is 0 Å². The van der Waals surface area contributed by atoms with Crippen molar-refractivity contribution >= 4 is 11.9 Å². The van der Waals surface area contributed by atoms with E-state index in [2.05, 4.69) is 4.99 Å². The molecule has 0 bridgehead atoms. The average molecular weight is 226 g/mol. The van der Waals surface area contributed by atoms with E-state index in [9.17, 15) is 5.11 Å². The maximum absolute atomic E-state index is 9.55. The maximum atomic E-state index is 9.55. The smallest absolute Gasteiger partial charge is 0.124 e. The van der Waals surface area contributed by atoms with Crippen molar-refractivity contribution in [2.24, 2.45) is 4.99 Å². The van der Waals surface area contributed by atoms with E-state index in [1.54, 1.807) is 18.3 Å². The molecule has 0 fully saturated rings. The highest BCUT2D eigenvalue weighted by atomic mass is 16.3. The van der Waals surface area contributed by atoms with Crippen molar-refractivity contribution in [1.82, 2.24) is 0 Å². The second kappa shape index (κ2) is 5.16. The van der Waals surface area contributed by atoms with Gasteiger partial charge in [0.05, 0.1) is 6.54 Å². The molecular formula is C14H14N2O. The van der Waals surface area contributed by atoms with Crippen LogP contribution in [0.15, 0.2) is 53.5 Å². The predicted molar refractivity (Wildman–Crippen MR) is 70.3 cm³/mol. The van der Waals surface area contributed by atoms with E-state index in [1.807, 2.05) is 36.4 Å². The lowest BCUT2D eigenvalue weighted by Crippen LogP contribution is -1.92. The van der Waals surface area contributed by atoms with Crippen LogP contribution in [0.5, 0.6) is 5.75 Å². The van der Waals surface area contributed by atoms with Crippen LogP contribution in [0.4, 0.5) is 5.69 Å². The Balaban J connectivity index is 2.09. The lowest BCUT2D eigenvalue weighted by Gasteiger charge is -2.01. The van der Waals surface area contributed by atoms with Gasteiger partial charge in [0.1, 0.15) is 5.75 Å². The third-order valence-electron chi connectivity index (χ3n) is 2.48. The van der Waals surface area contributed by atoms with Gasteiger partial charge in [-0.3, -0.25) is 4.99 Å². The number of hydrogen-bond donors (Lipinski definition) is 2. The van der Waals surface area contributed by atoms with Crippen LogP contribution in [-0.4, -0.2) is 11.3 Å². The zero-order valence-corrected chi connectivity index (χ0v) is 9.38. The number of benzene rings is 2. The van der Waals surface area contributed by atoms with Crippen LogP contribution in [0.2, 0.25) is 0 Å². The first kappa shape index (κ1) is 11.2. The van der Waals surface area contributed by atoms with E-state index in [0.717, 1.165) is 11.3 Å².